The maximum absolute atomic E-state index is 13.6. The summed E-state index contributed by atoms with van der Waals surface area (Å²) in [6, 6.07) is 14.8. The van der Waals surface area contributed by atoms with Crippen LogP contribution in [0.1, 0.15) is 23.2 Å². The zero-order valence-corrected chi connectivity index (χ0v) is 20.6. The number of hydrogen-bond acceptors (Lipinski definition) is 4. The van der Waals surface area contributed by atoms with Crippen LogP contribution >= 0.6 is 11.6 Å². The van der Waals surface area contributed by atoms with E-state index in [1.807, 2.05) is 41.3 Å². The van der Waals surface area contributed by atoms with Gasteiger partial charge in [-0.1, -0.05) is 35.9 Å². The molecule has 1 aromatic heterocycles. The number of anilines is 1. The molecule has 2 aromatic carbocycles. The van der Waals surface area contributed by atoms with Crippen LogP contribution < -0.4 is 10.2 Å². The lowest BCUT2D eigenvalue weighted by Crippen LogP contribution is -2.53. The summed E-state index contributed by atoms with van der Waals surface area (Å²) in [5, 5.41) is 4.91. The van der Waals surface area contributed by atoms with Crippen molar-refractivity contribution in [3.8, 4) is 0 Å². The number of carbonyl (C=O) groups is 2. The van der Waals surface area contributed by atoms with Gasteiger partial charge >= 0.3 is 0 Å². The van der Waals surface area contributed by atoms with Gasteiger partial charge < -0.3 is 15.2 Å². The van der Waals surface area contributed by atoms with Crippen LogP contribution in [0.2, 0.25) is 5.02 Å². The van der Waals surface area contributed by atoms with E-state index in [4.69, 9.17) is 11.6 Å². The molecule has 2 aliphatic heterocycles. The lowest BCUT2D eigenvalue weighted by Gasteiger charge is -2.38. The molecule has 2 N–H and O–H groups in total. The van der Waals surface area contributed by atoms with E-state index >= 15 is 0 Å². The van der Waals surface area contributed by atoms with Crippen molar-refractivity contribution in [2.45, 2.75) is 12.8 Å². The first-order chi connectivity index (χ1) is 17.1. The maximum Gasteiger partial charge on any atom is 0.258 e. The molecule has 2 fully saturated rings. The van der Waals surface area contributed by atoms with Crippen molar-refractivity contribution in [3.05, 3.63) is 65.3 Å². The molecule has 5 rings (SSSR count). The summed E-state index contributed by atoms with van der Waals surface area (Å²) in [7, 11) is 0. The lowest BCUT2D eigenvalue weighted by molar-refractivity contribution is -0.131. The van der Waals surface area contributed by atoms with Gasteiger partial charge in [-0.15, -0.1) is 0 Å². The van der Waals surface area contributed by atoms with Crippen LogP contribution in [0.4, 0.5) is 5.69 Å². The summed E-state index contributed by atoms with van der Waals surface area (Å²) in [6.45, 7) is 6.52. The van der Waals surface area contributed by atoms with Crippen molar-refractivity contribution >= 4 is 40.0 Å². The maximum atomic E-state index is 13.6. The van der Waals surface area contributed by atoms with Gasteiger partial charge in [-0.05, 0) is 56.1 Å². The summed E-state index contributed by atoms with van der Waals surface area (Å²) < 4.78 is 0. The Labute approximate surface area is 211 Å². The molecule has 184 valence electrons. The van der Waals surface area contributed by atoms with Crippen molar-refractivity contribution in [2.24, 2.45) is 5.92 Å². The molecule has 3 aromatic rings. The molecule has 0 aliphatic carbocycles. The highest BCUT2D eigenvalue weighted by molar-refractivity contribution is 6.35. The van der Waals surface area contributed by atoms with Gasteiger partial charge in [0.2, 0.25) is 5.91 Å². The van der Waals surface area contributed by atoms with Crippen LogP contribution in [0, 0.1) is 5.92 Å². The monoisotopic (exact) mass is 493 g/mol. The van der Waals surface area contributed by atoms with E-state index in [1.165, 1.54) is 12.8 Å². The van der Waals surface area contributed by atoms with Gasteiger partial charge in [0.05, 0.1) is 5.02 Å². The molecule has 0 radical (unpaired) electrons. The van der Waals surface area contributed by atoms with Crippen LogP contribution in [0.25, 0.3) is 10.9 Å². The fraction of sp³-hybridized carbons (Fsp3) is 0.407. The van der Waals surface area contributed by atoms with E-state index in [9.17, 15) is 9.59 Å². The molecule has 0 saturated carbocycles. The predicted octanol–water partition coefficient (Wildman–Crippen LogP) is 3.61. The molecule has 35 heavy (non-hydrogen) atoms. The second-order valence-corrected chi connectivity index (χ2v) is 9.91. The summed E-state index contributed by atoms with van der Waals surface area (Å²) in [5.41, 5.74) is 2.02. The van der Waals surface area contributed by atoms with Crippen molar-refractivity contribution in [1.82, 2.24) is 20.1 Å². The average molecular weight is 494 g/mol. The number of carbonyl (C=O) groups excluding carboxylic acids is 2. The molecule has 0 unspecified atom stereocenters. The second kappa shape index (κ2) is 10.8. The number of aromatic amines is 1. The fourth-order valence-electron chi connectivity index (χ4n) is 5.11. The Bertz CT molecular complexity index is 1170. The van der Waals surface area contributed by atoms with E-state index < -0.39 is 0 Å². The Morgan fingerprint density at radius 1 is 1.00 bits per heavy atom. The van der Waals surface area contributed by atoms with Gasteiger partial charge in [0.1, 0.15) is 6.54 Å². The van der Waals surface area contributed by atoms with Crippen LogP contribution in [0.15, 0.2) is 54.7 Å². The van der Waals surface area contributed by atoms with E-state index in [-0.39, 0.29) is 18.4 Å². The van der Waals surface area contributed by atoms with E-state index in [0.29, 0.717) is 29.4 Å². The smallest absolute Gasteiger partial charge is 0.258 e. The topological polar surface area (TPSA) is 71.7 Å². The minimum Gasteiger partial charge on any atom is -0.360 e. The minimum atomic E-state index is -0.207. The zero-order chi connectivity index (χ0) is 24.2. The predicted molar refractivity (Wildman–Crippen MR) is 140 cm³/mol. The molecule has 3 heterocycles. The number of rotatable bonds is 6. The van der Waals surface area contributed by atoms with Crippen LogP contribution in [0.5, 0.6) is 0 Å². The van der Waals surface area contributed by atoms with Gasteiger partial charge in [0.25, 0.3) is 5.91 Å². The van der Waals surface area contributed by atoms with Gasteiger partial charge in [-0.25, -0.2) is 0 Å². The summed E-state index contributed by atoms with van der Waals surface area (Å²) >= 11 is 6.20. The van der Waals surface area contributed by atoms with Crippen molar-refractivity contribution < 1.29 is 9.59 Å². The first-order valence-electron chi connectivity index (χ1n) is 12.4. The molecular formula is C27H32ClN5O2. The lowest BCUT2D eigenvalue weighted by atomic mass is 9.97. The highest BCUT2D eigenvalue weighted by Crippen LogP contribution is 2.25. The van der Waals surface area contributed by atoms with Crippen LogP contribution in [0.3, 0.4) is 0 Å². The first kappa shape index (κ1) is 23.9. The summed E-state index contributed by atoms with van der Waals surface area (Å²) in [4.78, 5) is 36.0. The van der Waals surface area contributed by atoms with Gasteiger partial charge in [0, 0.05) is 61.1 Å². The number of benzene rings is 2. The molecule has 7 nitrogen and oxygen atoms in total. The zero-order valence-electron chi connectivity index (χ0n) is 19.9. The third-order valence-electron chi connectivity index (χ3n) is 7.18. The number of amides is 2. The van der Waals surface area contributed by atoms with E-state index in [2.05, 4.69) is 15.2 Å². The molecule has 2 aliphatic rings. The van der Waals surface area contributed by atoms with Crippen molar-refractivity contribution in [2.75, 3.05) is 57.3 Å². The number of nitrogens with zero attached hydrogens (tertiary/aromatic N) is 3. The summed E-state index contributed by atoms with van der Waals surface area (Å²) in [5.74, 6) is 0.519. The SMILES string of the molecule is O=C(CN(C(=O)c1ccc2c(Cl)c[nH]c2c1)c1ccccc1)N1CCN(CC2CCNCC2)CC1. The Hall–Kier alpha value is -2.87. The Morgan fingerprint density at radius 3 is 2.49 bits per heavy atom. The fourth-order valence-corrected chi connectivity index (χ4v) is 5.33. The highest BCUT2D eigenvalue weighted by Gasteiger charge is 2.27. The highest BCUT2D eigenvalue weighted by atomic mass is 35.5. The number of aromatic nitrogens is 1. The van der Waals surface area contributed by atoms with E-state index in [1.54, 1.807) is 23.2 Å². The van der Waals surface area contributed by atoms with Gasteiger partial charge in [0.15, 0.2) is 0 Å². The van der Waals surface area contributed by atoms with Gasteiger partial charge in [-0.2, -0.15) is 0 Å². The molecule has 0 atom stereocenters. The number of nitrogens with one attached hydrogen (secondary N) is 2. The quantitative estimate of drug-likeness (QED) is 0.550. The van der Waals surface area contributed by atoms with Crippen molar-refractivity contribution in [1.29, 1.82) is 0 Å². The van der Waals surface area contributed by atoms with E-state index in [0.717, 1.165) is 49.5 Å². The van der Waals surface area contributed by atoms with Gasteiger partial charge in [-0.3, -0.25) is 19.4 Å². The largest absolute Gasteiger partial charge is 0.360 e. The number of hydrogen-bond donors (Lipinski definition) is 2. The van der Waals surface area contributed by atoms with Crippen LogP contribution in [-0.2, 0) is 4.79 Å². The summed E-state index contributed by atoms with van der Waals surface area (Å²) in [6.07, 6.45) is 4.17. The number of halogens is 1. The number of piperazine rings is 1. The number of fused-ring (bicyclic) bond motifs is 1. The molecular weight excluding hydrogens is 462 g/mol. The normalized spacial score (nSPS) is 17.6. The third kappa shape index (κ3) is 5.53. The molecule has 2 saturated heterocycles. The first-order valence-corrected chi connectivity index (χ1v) is 12.8. The van der Waals surface area contributed by atoms with Crippen LogP contribution in [-0.4, -0.2) is 79.0 Å². The molecule has 0 bridgehead atoms. The molecule has 8 heteroatoms. The molecule has 0 spiro atoms. The number of para-hydroxylation sites is 1. The molecule has 2 amide bonds. The number of H-pyrrole nitrogens is 1. The second-order valence-electron chi connectivity index (χ2n) is 9.50. The third-order valence-corrected chi connectivity index (χ3v) is 7.50. The van der Waals surface area contributed by atoms with Crippen molar-refractivity contribution in [3.63, 3.8) is 0 Å². The standard InChI is InChI=1S/C27H32ClN5O2/c28-24-17-30-25-16-21(6-7-23(24)25)27(35)33(22-4-2-1-3-5-22)19-26(34)32-14-12-31(13-15-32)18-20-8-10-29-11-9-20/h1-7,16-17,20,29-30H,8-15,18-19H2. The Balaban J connectivity index is 1.26. The Morgan fingerprint density at radius 2 is 1.74 bits per heavy atom. The number of piperidine rings is 1. The Kier molecular flexibility index (Phi) is 7.37. The minimum absolute atomic E-state index is 0.0145. The average Bonchev–Trinajstić information content (AvgIpc) is 3.28.